The van der Waals surface area contributed by atoms with Crippen LogP contribution in [0.2, 0.25) is 0 Å². The summed E-state index contributed by atoms with van der Waals surface area (Å²) >= 11 is 0. The maximum atomic E-state index is 3.81. The lowest BCUT2D eigenvalue weighted by atomic mass is 10.4. The standard InChI is InChI=1S/C12H11P2/c13-14(11-7-3-1-4-8-11)12-9-5-2-6-10-12/h1-10,13H. The SMILES string of the molecule is [PH]P(c1ccccc1)c1ccccc1. The molecule has 0 bridgehead atoms. The number of hydrogen-bond acceptors (Lipinski definition) is 0. The van der Waals surface area contributed by atoms with E-state index in [0.29, 0.717) is 0 Å². The molecular formula is C12H11P2. The van der Waals surface area contributed by atoms with Crippen molar-refractivity contribution in [1.29, 1.82) is 0 Å². The molecule has 0 amide bonds. The molecule has 0 aliphatic carbocycles. The zero-order valence-electron chi connectivity index (χ0n) is 7.72. The predicted octanol–water partition coefficient (Wildman–Crippen LogP) is 3.18. The number of benzene rings is 2. The van der Waals surface area contributed by atoms with Gasteiger partial charge in [0.15, 0.2) is 0 Å². The Morgan fingerprint density at radius 3 is 1.36 bits per heavy atom. The molecular weight excluding hydrogens is 206 g/mol. The van der Waals surface area contributed by atoms with Gasteiger partial charge in [0.05, 0.1) is 0 Å². The second-order valence-corrected chi connectivity index (χ2v) is 6.05. The van der Waals surface area contributed by atoms with Gasteiger partial charge >= 0.3 is 0 Å². The molecule has 2 heteroatoms. The van der Waals surface area contributed by atoms with Gasteiger partial charge in [0.25, 0.3) is 0 Å². The summed E-state index contributed by atoms with van der Waals surface area (Å²) in [5, 5.41) is 2.70. The van der Waals surface area contributed by atoms with E-state index in [9.17, 15) is 0 Å². The van der Waals surface area contributed by atoms with Crippen molar-refractivity contribution >= 4 is 27.1 Å². The molecule has 0 aliphatic rings. The fourth-order valence-electron chi connectivity index (χ4n) is 1.30. The molecule has 0 nitrogen and oxygen atoms in total. The van der Waals surface area contributed by atoms with Crippen LogP contribution in [0.15, 0.2) is 60.7 Å². The molecule has 0 N–H and O–H groups in total. The Hall–Kier alpha value is -0.700. The minimum atomic E-state index is -0.365. The summed E-state index contributed by atoms with van der Waals surface area (Å²) in [4.78, 5) is 0. The third-order valence-corrected chi connectivity index (χ3v) is 5.21. The summed E-state index contributed by atoms with van der Waals surface area (Å²) in [7, 11) is 3.45. The summed E-state index contributed by atoms with van der Waals surface area (Å²) in [5.74, 6) is 0. The van der Waals surface area contributed by atoms with E-state index < -0.39 is 0 Å². The first kappa shape index (κ1) is 9.84. The first-order valence-corrected chi connectivity index (χ1v) is 7.18. The van der Waals surface area contributed by atoms with Gasteiger partial charge < -0.3 is 0 Å². The average Bonchev–Trinajstić information content (AvgIpc) is 2.30. The molecule has 14 heavy (non-hydrogen) atoms. The van der Waals surface area contributed by atoms with Gasteiger partial charge in [0.2, 0.25) is 0 Å². The maximum Gasteiger partial charge on any atom is -0.0152 e. The summed E-state index contributed by atoms with van der Waals surface area (Å²) < 4.78 is 0. The van der Waals surface area contributed by atoms with Crippen LogP contribution in [0.1, 0.15) is 0 Å². The zero-order chi connectivity index (χ0) is 9.80. The third-order valence-electron chi connectivity index (χ3n) is 2.03. The van der Waals surface area contributed by atoms with Gasteiger partial charge in [-0.25, -0.2) is 0 Å². The van der Waals surface area contributed by atoms with Gasteiger partial charge in [-0.15, -0.1) is 0 Å². The second kappa shape index (κ2) is 4.69. The van der Waals surface area contributed by atoms with E-state index in [4.69, 9.17) is 0 Å². The molecule has 0 saturated heterocycles. The van der Waals surface area contributed by atoms with Gasteiger partial charge in [-0.2, -0.15) is 0 Å². The highest BCUT2D eigenvalue weighted by atomic mass is 32.0. The van der Waals surface area contributed by atoms with Crippen molar-refractivity contribution in [3.63, 3.8) is 0 Å². The van der Waals surface area contributed by atoms with Crippen molar-refractivity contribution in [3.8, 4) is 0 Å². The summed E-state index contributed by atoms with van der Waals surface area (Å²) in [6.45, 7) is 0. The Kier molecular flexibility index (Phi) is 3.30. The molecule has 0 aromatic heterocycles. The Bertz CT molecular complexity index is 344. The van der Waals surface area contributed by atoms with Crippen molar-refractivity contribution in [2.75, 3.05) is 0 Å². The highest BCUT2D eigenvalue weighted by Crippen LogP contribution is 2.41. The average molecular weight is 217 g/mol. The fourth-order valence-corrected chi connectivity index (χ4v) is 3.44. The van der Waals surface area contributed by atoms with Crippen LogP contribution in [-0.4, -0.2) is 0 Å². The van der Waals surface area contributed by atoms with Crippen LogP contribution in [-0.2, 0) is 0 Å². The molecule has 0 heterocycles. The van der Waals surface area contributed by atoms with Crippen molar-refractivity contribution < 1.29 is 0 Å². The molecule has 2 aromatic carbocycles. The van der Waals surface area contributed by atoms with Crippen LogP contribution in [0.4, 0.5) is 0 Å². The van der Waals surface area contributed by atoms with Gasteiger partial charge in [0, 0.05) is 0 Å². The number of hydrogen-bond donors (Lipinski definition) is 0. The Labute approximate surface area is 88.2 Å². The fraction of sp³-hybridized carbons (Fsp3) is 0. The Morgan fingerprint density at radius 2 is 1.00 bits per heavy atom. The lowest BCUT2D eigenvalue weighted by molar-refractivity contribution is 1.76. The van der Waals surface area contributed by atoms with Crippen LogP contribution in [0.5, 0.6) is 0 Å². The molecule has 0 aliphatic heterocycles. The van der Waals surface area contributed by atoms with Crippen LogP contribution >= 0.6 is 16.5 Å². The molecule has 0 atom stereocenters. The van der Waals surface area contributed by atoms with Crippen molar-refractivity contribution in [3.05, 3.63) is 60.7 Å². The van der Waals surface area contributed by atoms with Crippen LogP contribution in [0.25, 0.3) is 0 Å². The molecule has 0 fully saturated rings. The maximum absolute atomic E-state index is 3.81. The van der Waals surface area contributed by atoms with Crippen molar-refractivity contribution in [1.82, 2.24) is 0 Å². The molecule has 1 radical (unpaired) electrons. The van der Waals surface area contributed by atoms with Gasteiger partial charge in [0.1, 0.15) is 0 Å². The normalized spacial score (nSPS) is 10.4. The van der Waals surface area contributed by atoms with Crippen LogP contribution < -0.4 is 10.6 Å². The number of rotatable bonds is 2. The van der Waals surface area contributed by atoms with E-state index >= 15 is 0 Å². The predicted molar refractivity (Wildman–Crippen MR) is 67.4 cm³/mol. The van der Waals surface area contributed by atoms with Gasteiger partial charge in [-0.1, -0.05) is 69.6 Å². The first-order chi connectivity index (χ1) is 6.88. The largest absolute Gasteiger partial charge is 0.0622 e. The van der Waals surface area contributed by atoms with Crippen molar-refractivity contribution in [2.45, 2.75) is 0 Å². The smallest absolute Gasteiger partial charge is 0.0152 e. The van der Waals surface area contributed by atoms with E-state index in [-0.39, 0.29) is 7.61 Å². The van der Waals surface area contributed by atoms with Gasteiger partial charge in [-0.3, -0.25) is 0 Å². The summed E-state index contributed by atoms with van der Waals surface area (Å²) in [6, 6.07) is 21.0. The topological polar surface area (TPSA) is 0 Å². The Morgan fingerprint density at radius 1 is 0.643 bits per heavy atom. The minimum Gasteiger partial charge on any atom is -0.0622 e. The highest BCUT2D eigenvalue weighted by Gasteiger charge is 2.06. The molecule has 0 saturated carbocycles. The molecule has 69 valence electrons. The zero-order valence-corrected chi connectivity index (χ0v) is 9.62. The monoisotopic (exact) mass is 217 g/mol. The van der Waals surface area contributed by atoms with E-state index in [1.54, 1.807) is 0 Å². The van der Waals surface area contributed by atoms with E-state index in [1.807, 2.05) is 12.1 Å². The van der Waals surface area contributed by atoms with E-state index in [0.717, 1.165) is 0 Å². The lowest BCUT2D eigenvalue weighted by Gasteiger charge is -2.11. The van der Waals surface area contributed by atoms with Gasteiger partial charge in [-0.05, 0) is 18.2 Å². The lowest BCUT2D eigenvalue weighted by Crippen LogP contribution is -2.06. The van der Waals surface area contributed by atoms with Crippen LogP contribution in [0.3, 0.4) is 0 Å². The highest BCUT2D eigenvalue weighted by molar-refractivity contribution is 8.21. The third kappa shape index (κ3) is 2.21. The van der Waals surface area contributed by atoms with E-state index in [2.05, 4.69) is 57.5 Å². The summed E-state index contributed by atoms with van der Waals surface area (Å²) in [6.07, 6.45) is 0. The molecule has 2 aromatic rings. The Balaban J connectivity index is 2.30. The van der Waals surface area contributed by atoms with Crippen molar-refractivity contribution in [2.24, 2.45) is 0 Å². The van der Waals surface area contributed by atoms with E-state index in [1.165, 1.54) is 10.6 Å². The molecule has 0 spiro atoms. The first-order valence-electron chi connectivity index (χ1n) is 4.49. The molecule has 0 unspecified atom stereocenters. The minimum absolute atomic E-state index is 0.365. The van der Waals surface area contributed by atoms with Crippen LogP contribution in [0, 0.1) is 0 Å². The quantitative estimate of drug-likeness (QED) is 0.678. The summed E-state index contributed by atoms with van der Waals surface area (Å²) in [5.41, 5.74) is 0. The second-order valence-electron chi connectivity index (χ2n) is 3.01. The molecule has 2 rings (SSSR count).